The Kier molecular flexibility index (Phi) is 3.72. The van der Waals surface area contributed by atoms with Crippen molar-refractivity contribution in [1.82, 2.24) is 4.98 Å². The van der Waals surface area contributed by atoms with Crippen molar-refractivity contribution < 1.29 is 4.74 Å². The van der Waals surface area contributed by atoms with E-state index in [1.165, 1.54) is 5.56 Å². The Morgan fingerprint density at radius 2 is 2.00 bits per heavy atom. The minimum atomic E-state index is 0.768. The second-order valence-corrected chi connectivity index (χ2v) is 4.09. The lowest BCUT2D eigenvalue weighted by atomic mass is 10.2. The predicted molar refractivity (Wildman–Crippen MR) is 73.8 cm³/mol. The van der Waals surface area contributed by atoms with Crippen molar-refractivity contribution in [1.29, 1.82) is 0 Å². The van der Waals surface area contributed by atoms with Gasteiger partial charge in [-0.15, -0.1) is 0 Å². The maximum atomic E-state index is 5.28. The van der Waals surface area contributed by atoms with Crippen molar-refractivity contribution in [3.8, 4) is 5.75 Å². The highest BCUT2D eigenvalue weighted by Gasteiger charge is 2.03. The van der Waals surface area contributed by atoms with E-state index in [1.54, 1.807) is 13.3 Å². The summed E-state index contributed by atoms with van der Waals surface area (Å²) in [6, 6.07) is 11.7. The fourth-order valence-electron chi connectivity index (χ4n) is 1.69. The van der Waals surface area contributed by atoms with Crippen molar-refractivity contribution in [3.05, 3.63) is 53.9 Å². The lowest BCUT2D eigenvalue weighted by Crippen LogP contribution is -1.98. The van der Waals surface area contributed by atoms with Gasteiger partial charge in [0.15, 0.2) is 0 Å². The zero-order valence-electron chi connectivity index (χ0n) is 10.8. The van der Waals surface area contributed by atoms with Crippen LogP contribution in [0.2, 0.25) is 0 Å². The topological polar surface area (TPSA) is 34.5 Å². The standard InChI is InChI=1S/C15H16N2O/c1-11-8-9-16-14(10-11)12(2)17-13-6-4-5-7-15(13)18-3/h4-10H,1-3H3. The summed E-state index contributed by atoms with van der Waals surface area (Å²) in [6.07, 6.45) is 1.80. The van der Waals surface area contributed by atoms with Crippen LogP contribution in [0.5, 0.6) is 5.75 Å². The molecule has 92 valence electrons. The fraction of sp³-hybridized carbons (Fsp3) is 0.200. The minimum Gasteiger partial charge on any atom is -0.494 e. The van der Waals surface area contributed by atoms with Crippen molar-refractivity contribution in [2.75, 3.05) is 7.11 Å². The lowest BCUT2D eigenvalue weighted by molar-refractivity contribution is 0.416. The summed E-state index contributed by atoms with van der Waals surface area (Å²) in [6.45, 7) is 4.00. The molecule has 0 bridgehead atoms. The van der Waals surface area contributed by atoms with Crippen LogP contribution in [-0.2, 0) is 0 Å². The first kappa shape index (κ1) is 12.3. The van der Waals surface area contributed by atoms with Gasteiger partial charge in [-0.25, -0.2) is 4.99 Å². The van der Waals surface area contributed by atoms with Gasteiger partial charge < -0.3 is 4.74 Å². The zero-order chi connectivity index (χ0) is 13.0. The van der Waals surface area contributed by atoms with Crippen LogP contribution in [-0.4, -0.2) is 17.8 Å². The summed E-state index contributed by atoms with van der Waals surface area (Å²) >= 11 is 0. The summed E-state index contributed by atoms with van der Waals surface area (Å²) in [5.41, 5.74) is 3.76. The van der Waals surface area contributed by atoms with E-state index in [1.807, 2.05) is 50.2 Å². The second kappa shape index (κ2) is 5.45. The Labute approximate surface area is 107 Å². The van der Waals surface area contributed by atoms with Gasteiger partial charge in [-0.2, -0.15) is 0 Å². The predicted octanol–water partition coefficient (Wildman–Crippen LogP) is 3.54. The number of hydrogen-bond acceptors (Lipinski definition) is 3. The molecule has 18 heavy (non-hydrogen) atoms. The van der Waals surface area contributed by atoms with Crippen LogP contribution >= 0.6 is 0 Å². The molecular formula is C15H16N2O. The van der Waals surface area contributed by atoms with Crippen molar-refractivity contribution in [2.45, 2.75) is 13.8 Å². The summed E-state index contributed by atoms with van der Waals surface area (Å²) in [5, 5.41) is 0. The van der Waals surface area contributed by atoms with Crippen LogP contribution in [0.15, 0.2) is 47.6 Å². The molecular weight excluding hydrogens is 224 g/mol. The fourth-order valence-corrected chi connectivity index (χ4v) is 1.69. The number of aliphatic imine (C=N–C) groups is 1. The number of methoxy groups -OCH3 is 1. The molecule has 2 aromatic rings. The van der Waals surface area contributed by atoms with Crippen molar-refractivity contribution in [2.24, 2.45) is 4.99 Å². The van der Waals surface area contributed by atoms with Crippen molar-refractivity contribution in [3.63, 3.8) is 0 Å². The lowest BCUT2D eigenvalue weighted by Gasteiger charge is -2.05. The Morgan fingerprint density at radius 1 is 1.22 bits per heavy atom. The van der Waals surface area contributed by atoms with Gasteiger partial charge in [0.1, 0.15) is 11.4 Å². The number of nitrogens with zero attached hydrogens (tertiary/aromatic N) is 2. The van der Waals surface area contributed by atoms with Crippen LogP contribution in [0.3, 0.4) is 0 Å². The smallest absolute Gasteiger partial charge is 0.144 e. The van der Waals surface area contributed by atoms with E-state index in [0.717, 1.165) is 22.8 Å². The molecule has 0 amide bonds. The highest BCUT2D eigenvalue weighted by molar-refractivity contribution is 5.99. The average Bonchev–Trinajstić information content (AvgIpc) is 2.39. The first-order valence-corrected chi connectivity index (χ1v) is 5.82. The molecule has 0 radical (unpaired) electrons. The Bertz CT molecular complexity index is 576. The number of para-hydroxylation sites is 2. The molecule has 0 spiro atoms. The highest BCUT2D eigenvalue weighted by Crippen LogP contribution is 2.26. The normalized spacial score (nSPS) is 11.4. The Hall–Kier alpha value is -2.16. The van der Waals surface area contributed by atoms with Crippen LogP contribution in [0.25, 0.3) is 0 Å². The SMILES string of the molecule is COc1ccccc1N=C(C)c1cc(C)ccn1. The number of pyridine rings is 1. The molecule has 1 aromatic heterocycles. The third-order valence-corrected chi connectivity index (χ3v) is 2.66. The maximum absolute atomic E-state index is 5.28. The molecule has 2 rings (SSSR count). The Balaban J connectivity index is 2.38. The molecule has 0 aliphatic rings. The van der Waals surface area contributed by atoms with E-state index >= 15 is 0 Å². The number of hydrogen-bond donors (Lipinski definition) is 0. The molecule has 0 aliphatic heterocycles. The van der Waals surface area contributed by atoms with Gasteiger partial charge in [0.25, 0.3) is 0 Å². The van der Waals surface area contributed by atoms with Crippen LogP contribution in [0.4, 0.5) is 5.69 Å². The summed E-state index contributed by atoms with van der Waals surface area (Å²) in [7, 11) is 1.65. The van der Waals surface area contributed by atoms with Gasteiger partial charge in [0.05, 0.1) is 18.5 Å². The number of ether oxygens (including phenoxy) is 1. The molecule has 0 atom stereocenters. The molecule has 1 heterocycles. The van der Waals surface area contributed by atoms with Crippen LogP contribution < -0.4 is 4.74 Å². The van der Waals surface area contributed by atoms with E-state index < -0.39 is 0 Å². The number of benzene rings is 1. The van der Waals surface area contributed by atoms with Gasteiger partial charge in [-0.05, 0) is 43.7 Å². The first-order chi connectivity index (χ1) is 8.70. The molecule has 0 aliphatic carbocycles. The molecule has 0 N–H and O–H groups in total. The summed E-state index contributed by atoms with van der Waals surface area (Å²) in [5.74, 6) is 0.768. The molecule has 0 unspecified atom stereocenters. The Morgan fingerprint density at radius 3 is 2.72 bits per heavy atom. The van der Waals surface area contributed by atoms with Gasteiger partial charge in [0, 0.05) is 6.20 Å². The quantitative estimate of drug-likeness (QED) is 0.769. The molecule has 0 fully saturated rings. The molecule has 3 heteroatoms. The first-order valence-electron chi connectivity index (χ1n) is 5.82. The third-order valence-electron chi connectivity index (χ3n) is 2.66. The van der Waals surface area contributed by atoms with E-state index in [2.05, 4.69) is 9.98 Å². The van der Waals surface area contributed by atoms with E-state index in [9.17, 15) is 0 Å². The summed E-state index contributed by atoms with van der Waals surface area (Å²) in [4.78, 5) is 8.89. The van der Waals surface area contributed by atoms with Crippen LogP contribution in [0.1, 0.15) is 18.2 Å². The number of rotatable bonds is 3. The monoisotopic (exact) mass is 240 g/mol. The third kappa shape index (κ3) is 2.74. The molecule has 3 nitrogen and oxygen atoms in total. The minimum absolute atomic E-state index is 0.768. The highest BCUT2D eigenvalue weighted by atomic mass is 16.5. The second-order valence-electron chi connectivity index (χ2n) is 4.09. The molecule has 0 saturated heterocycles. The van der Waals surface area contributed by atoms with E-state index in [-0.39, 0.29) is 0 Å². The van der Waals surface area contributed by atoms with Gasteiger partial charge in [0.2, 0.25) is 0 Å². The van der Waals surface area contributed by atoms with Crippen molar-refractivity contribution >= 4 is 11.4 Å². The van der Waals surface area contributed by atoms with Gasteiger partial charge >= 0.3 is 0 Å². The van der Waals surface area contributed by atoms with Gasteiger partial charge in [-0.1, -0.05) is 12.1 Å². The largest absolute Gasteiger partial charge is 0.494 e. The van der Waals surface area contributed by atoms with Crippen LogP contribution in [0, 0.1) is 6.92 Å². The van der Waals surface area contributed by atoms with E-state index in [0.29, 0.717) is 0 Å². The maximum Gasteiger partial charge on any atom is 0.144 e. The number of aromatic nitrogens is 1. The zero-order valence-corrected chi connectivity index (χ0v) is 10.8. The number of aryl methyl sites for hydroxylation is 1. The average molecular weight is 240 g/mol. The summed E-state index contributed by atoms with van der Waals surface area (Å²) < 4.78 is 5.28. The molecule has 1 aromatic carbocycles. The molecule has 0 saturated carbocycles. The van der Waals surface area contributed by atoms with Gasteiger partial charge in [-0.3, -0.25) is 4.98 Å². The van der Waals surface area contributed by atoms with E-state index in [4.69, 9.17) is 4.74 Å².